The lowest BCUT2D eigenvalue weighted by atomic mass is 10.3. The Balaban J connectivity index is 2.21. The molecular formula is C13H21NS. The summed E-state index contributed by atoms with van der Waals surface area (Å²) in [6, 6.07) is 10.9. The Morgan fingerprint density at radius 3 is 2.33 bits per heavy atom. The van der Waals surface area contributed by atoms with E-state index in [2.05, 4.69) is 50.4 Å². The van der Waals surface area contributed by atoms with E-state index in [1.54, 1.807) is 0 Å². The van der Waals surface area contributed by atoms with E-state index in [1.807, 2.05) is 17.8 Å². The minimum absolute atomic E-state index is 0.538. The fourth-order valence-electron chi connectivity index (χ4n) is 1.34. The Kier molecular flexibility index (Phi) is 5.62. The third-order valence-electron chi connectivity index (χ3n) is 2.01. The molecule has 0 amide bonds. The van der Waals surface area contributed by atoms with Crippen molar-refractivity contribution in [3.63, 3.8) is 0 Å². The van der Waals surface area contributed by atoms with Crippen LogP contribution in [0, 0.1) is 5.92 Å². The molecule has 0 heterocycles. The Hall–Kier alpha value is -0.630. The molecule has 0 saturated carbocycles. The number of para-hydroxylation sites is 1. The van der Waals surface area contributed by atoms with Crippen LogP contribution in [0.1, 0.15) is 20.8 Å². The summed E-state index contributed by atoms with van der Waals surface area (Å²) < 4.78 is 0. The number of rotatable bonds is 6. The van der Waals surface area contributed by atoms with Gasteiger partial charge in [0.25, 0.3) is 0 Å². The van der Waals surface area contributed by atoms with Gasteiger partial charge in [-0.15, -0.1) is 0 Å². The van der Waals surface area contributed by atoms with Gasteiger partial charge in [0.1, 0.15) is 0 Å². The number of benzene rings is 1. The summed E-state index contributed by atoms with van der Waals surface area (Å²) >= 11 is 2.03. The van der Waals surface area contributed by atoms with Crippen LogP contribution in [-0.2, 0) is 0 Å². The first-order valence-electron chi connectivity index (χ1n) is 5.58. The maximum Gasteiger partial charge on any atom is 0.0342 e. The van der Waals surface area contributed by atoms with Crippen LogP contribution in [0.2, 0.25) is 0 Å². The molecule has 1 nitrogen and oxygen atoms in total. The van der Waals surface area contributed by atoms with Crippen LogP contribution in [0.25, 0.3) is 0 Å². The Bertz CT molecular complexity index is 258. The van der Waals surface area contributed by atoms with Crippen LogP contribution < -0.4 is 5.32 Å². The maximum atomic E-state index is 3.49. The van der Waals surface area contributed by atoms with Crippen molar-refractivity contribution in [3.05, 3.63) is 30.3 Å². The molecule has 0 aliphatic rings. The molecule has 0 radical (unpaired) electrons. The molecule has 1 rings (SSSR count). The van der Waals surface area contributed by atoms with E-state index in [9.17, 15) is 0 Å². The molecular weight excluding hydrogens is 202 g/mol. The van der Waals surface area contributed by atoms with E-state index >= 15 is 0 Å². The molecule has 84 valence electrons. The van der Waals surface area contributed by atoms with Gasteiger partial charge in [0.05, 0.1) is 0 Å². The van der Waals surface area contributed by atoms with Crippen LogP contribution in [0.4, 0.5) is 5.69 Å². The molecule has 1 N–H and O–H groups in total. The largest absolute Gasteiger partial charge is 0.382 e. The molecule has 0 aliphatic heterocycles. The molecule has 1 atom stereocenters. The van der Waals surface area contributed by atoms with Crippen molar-refractivity contribution >= 4 is 17.4 Å². The van der Waals surface area contributed by atoms with Crippen LogP contribution in [0.5, 0.6) is 0 Å². The van der Waals surface area contributed by atoms with Gasteiger partial charge in [0.15, 0.2) is 0 Å². The second kappa shape index (κ2) is 6.78. The molecule has 1 aromatic carbocycles. The number of thioether (sulfide) groups is 1. The summed E-state index contributed by atoms with van der Waals surface area (Å²) in [5.41, 5.74) is 1.22. The van der Waals surface area contributed by atoms with Gasteiger partial charge in [-0.3, -0.25) is 0 Å². The minimum Gasteiger partial charge on any atom is -0.382 e. The highest BCUT2D eigenvalue weighted by Crippen LogP contribution is 2.12. The lowest BCUT2D eigenvalue weighted by Crippen LogP contribution is -2.18. The molecule has 0 bridgehead atoms. The Labute approximate surface area is 97.7 Å². The molecule has 0 aromatic heterocycles. The van der Waals surface area contributed by atoms with Gasteiger partial charge < -0.3 is 5.32 Å². The fraction of sp³-hybridized carbons (Fsp3) is 0.538. The van der Waals surface area contributed by atoms with Crippen molar-refractivity contribution in [2.75, 3.05) is 16.8 Å². The zero-order valence-electron chi connectivity index (χ0n) is 9.86. The lowest BCUT2D eigenvalue weighted by molar-refractivity contribution is 0.748. The molecule has 2 heteroatoms. The first kappa shape index (κ1) is 12.4. The van der Waals surface area contributed by atoms with Gasteiger partial charge in [-0.1, -0.05) is 32.0 Å². The average molecular weight is 223 g/mol. The van der Waals surface area contributed by atoms with Gasteiger partial charge in [0, 0.05) is 17.5 Å². The van der Waals surface area contributed by atoms with E-state index in [0.717, 1.165) is 5.92 Å². The van der Waals surface area contributed by atoms with E-state index in [-0.39, 0.29) is 0 Å². The predicted octanol–water partition coefficient (Wildman–Crippen LogP) is 3.88. The van der Waals surface area contributed by atoms with Crippen LogP contribution >= 0.6 is 11.8 Å². The summed E-state index contributed by atoms with van der Waals surface area (Å²) in [6.45, 7) is 6.77. The lowest BCUT2D eigenvalue weighted by Gasteiger charge is -2.15. The second-order valence-electron chi connectivity index (χ2n) is 4.34. The van der Waals surface area contributed by atoms with Gasteiger partial charge in [-0.25, -0.2) is 0 Å². The van der Waals surface area contributed by atoms with Gasteiger partial charge >= 0.3 is 0 Å². The standard InChI is InChI=1S/C13H21NS/c1-11(2)9-15-10-12(3)14-13-7-5-4-6-8-13/h4-8,11-12,14H,9-10H2,1-3H3. The first-order valence-corrected chi connectivity index (χ1v) is 6.73. The van der Waals surface area contributed by atoms with E-state index in [1.165, 1.54) is 17.2 Å². The summed E-state index contributed by atoms with van der Waals surface area (Å²) in [5, 5.41) is 3.49. The molecule has 0 aliphatic carbocycles. The number of hydrogen-bond acceptors (Lipinski definition) is 2. The average Bonchev–Trinajstić information content (AvgIpc) is 2.18. The van der Waals surface area contributed by atoms with E-state index in [0.29, 0.717) is 6.04 Å². The monoisotopic (exact) mass is 223 g/mol. The number of nitrogens with one attached hydrogen (secondary N) is 1. The third-order valence-corrected chi connectivity index (χ3v) is 3.64. The first-order chi connectivity index (χ1) is 7.18. The molecule has 15 heavy (non-hydrogen) atoms. The summed E-state index contributed by atoms with van der Waals surface area (Å²) in [7, 11) is 0. The normalized spacial score (nSPS) is 12.8. The minimum atomic E-state index is 0.538. The van der Waals surface area contributed by atoms with Gasteiger partial charge in [-0.2, -0.15) is 11.8 Å². The molecule has 1 aromatic rings. The topological polar surface area (TPSA) is 12.0 Å². The smallest absolute Gasteiger partial charge is 0.0342 e. The second-order valence-corrected chi connectivity index (χ2v) is 5.42. The van der Waals surface area contributed by atoms with Gasteiger partial charge in [-0.05, 0) is 30.7 Å². The van der Waals surface area contributed by atoms with Crippen molar-refractivity contribution < 1.29 is 0 Å². The van der Waals surface area contributed by atoms with Crippen molar-refractivity contribution in [1.29, 1.82) is 0 Å². The molecule has 1 unspecified atom stereocenters. The SMILES string of the molecule is CC(C)CSCC(C)Nc1ccccc1. The van der Waals surface area contributed by atoms with Crippen LogP contribution in [0.15, 0.2) is 30.3 Å². The molecule has 0 fully saturated rings. The predicted molar refractivity (Wildman–Crippen MR) is 71.7 cm³/mol. The number of anilines is 1. The van der Waals surface area contributed by atoms with E-state index < -0.39 is 0 Å². The summed E-state index contributed by atoms with van der Waals surface area (Å²) in [5.74, 6) is 3.22. The van der Waals surface area contributed by atoms with Crippen LogP contribution in [-0.4, -0.2) is 17.5 Å². The Morgan fingerprint density at radius 1 is 1.07 bits per heavy atom. The van der Waals surface area contributed by atoms with Crippen molar-refractivity contribution in [1.82, 2.24) is 0 Å². The van der Waals surface area contributed by atoms with Crippen LogP contribution in [0.3, 0.4) is 0 Å². The quantitative estimate of drug-likeness (QED) is 0.785. The number of hydrogen-bond donors (Lipinski definition) is 1. The zero-order chi connectivity index (χ0) is 11.1. The van der Waals surface area contributed by atoms with Gasteiger partial charge in [0.2, 0.25) is 0 Å². The third kappa shape index (κ3) is 5.73. The van der Waals surface area contributed by atoms with Crippen molar-refractivity contribution in [3.8, 4) is 0 Å². The highest BCUT2D eigenvalue weighted by atomic mass is 32.2. The van der Waals surface area contributed by atoms with E-state index in [4.69, 9.17) is 0 Å². The maximum absolute atomic E-state index is 3.49. The summed E-state index contributed by atoms with van der Waals surface area (Å²) in [6.07, 6.45) is 0. The summed E-state index contributed by atoms with van der Waals surface area (Å²) in [4.78, 5) is 0. The van der Waals surface area contributed by atoms with Crippen molar-refractivity contribution in [2.24, 2.45) is 5.92 Å². The fourth-order valence-corrected chi connectivity index (χ4v) is 2.39. The molecule has 0 spiro atoms. The zero-order valence-corrected chi connectivity index (χ0v) is 10.7. The molecule has 0 saturated heterocycles. The highest BCUT2D eigenvalue weighted by Gasteiger charge is 2.02. The Morgan fingerprint density at radius 2 is 1.73 bits per heavy atom. The highest BCUT2D eigenvalue weighted by molar-refractivity contribution is 7.99. The van der Waals surface area contributed by atoms with Crippen molar-refractivity contribution in [2.45, 2.75) is 26.8 Å².